The van der Waals surface area contributed by atoms with Crippen molar-refractivity contribution in [2.75, 3.05) is 0 Å². The van der Waals surface area contributed by atoms with Gasteiger partial charge in [-0.25, -0.2) is 4.79 Å². The van der Waals surface area contributed by atoms with Crippen LogP contribution in [0.5, 0.6) is 0 Å². The van der Waals surface area contributed by atoms with Crippen molar-refractivity contribution in [1.29, 1.82) is 0 Å². The van der Waals surface area contributed by atoms with Crippen LogP contribution in [-0.2, 0) is 9.59 Å². The molecule has 0 aromatic rings. The third-order valence-corrected chi connectivity index (χ3v) is 2.36. The largest absolute Gasteiger partial charge is 1.00 e. The fourth-order valence-corrected chi connectivity index (χ4v) is 1.61. The predicted octanol–water partition coefficient (Wildman–Crippen LogP) is -2.28. The van der Waals surface area contributed by atoms with E-state index in [2.05, 4.69) is 10.6 Å². The normalized spacial score (nSPS) is 18.1. The number of carbonyl (C=O) groups excluding carboxylic acids is 3. The minimum absolute atomic E-state index is 0. The summed E-state index contributed by atoms with van der Waals surface area (Å²) >= 11 is 0. The second kappa shape index (κ2) is 5.61. The van der Waals surface area contributed by atoms with E-state index in [-0.39, 0.29) is 29.6 Å². The number of amides is 4. The van der Waals surface area contributed by atoms with Crippen molar-refractivity contribution in [2.45, 2.75) is 27.2 Å². The van der Waals surface area contributed by atoms with E-state index in [9.17, 15) is 14.4 Å². The van der Waals surface area contributed by atoms with Crippen molar-refractivity contribution in [3.8, 4) is 0 Å². The van der Waals surface area contributed by atoms with Gasteiger partial charge in [-0.1, -0.05) is 18.6 Å². The molecule has 0 unspecified atom stereocenters. The molecule has 0 bridgehead atoms. The molecule has 0 atom stereocenters. The Morgan fingerprint density at radius 2 is 1.62 bits per heavy atom. The van der Waals surface area contributed by atoms with Gasteiger partial charge in [0, 0.05) is 0 Å². The van der Waals surface area contributed by atoms with Gasteiger partial charge < -0.3 is 0 Å². The van der Waals surface area contributed by atoms with Crippen LogP contribution in [-0.4, -0.2) is 17.8 Å². The molecule has 1 fully saturated rings. The summed E-state index contributed by atoms with van der Waals surface area (Å²) in [6.45, 7) is 5.33. The Hall–Kier alpha value is -0.650. The molecule has 0 aliphatic carbocycles. The monoisotopic (exact) mass is 233 g/mol. The van der Waals surface area contributed by atoms with Gasteiger partial charge in [-0.15, -0.1) is 0 Å². The number of imide groups is 2. The fourth-order valence-electron chi connectivity index (χ4n) is 1.61. The summed E-state index contributed by atoms with van der Waals surface area (Å²) < 4.78 is 0. The average molecular weight is 233 g/mol. The fraction of sp³-hybridized carbons (Fsp3) is 0.500. The molecule has 0 aromatic heterocycles. The summed E-state index contributed by atoms with van der Waals surface area (Å²) in [5.74, 6) is -1.11. The van der Waals surface area contributed by atoms with Crippen LogP contribution in [0.4, 0.5) is 4.79 Å². The third kappa shape index (κ3) is 2.72. The maximum atomic E-state index is 11.7. The van der Waals surface area contributed by atoms with Gasteiger partial charge in [0.15, 0.2) is 0 Å². The molecule has 1 saturated heterocycles. The summed E-state index contributed by atoms with van der Waals surface area (Å²) in [6.07, 6.45) is 1.91. The first-order valence-corrected chi connectivity index (χ1v) is 4.75. The van der Waals surface area contributed by atoms with Crippen molar-refractivity contribution in [3.05, 3.63) is 11.6 Å². The van der Waals surface area contributed by atoms with Gasteiger partial charge >= 0.3 is 35.6 Å². The Labute approximate surface area is 116 Å². The minimum atomic E-state index is -1.24. The van der Waals surface area contributed by atoms with Crippen LogP contribution in [0, 0.1) is 5.41 Å². The third-order valence-electron chi connectivity index (χ3n) is 2.36. The van der Waals surface area contributed by atoms with Crippen LogP contribution in [0.15, 0.2) is 11.6 Å². The molecule has 1 rings (SSSR count). The molecule has 0 radical (unpaired) electrons. The summed E-state index contributed by atoms with van der Waals surface area (Å²) in [6, 6.07) is -0.753. The van der Waals surface area contributed by atoms with E-state index in [0.717, 1.165) is 5.57 Å². The van der Waals surface area contributed by atoms with E-state index in [1.54, 1.807) is 26.8 Å². The first-order valence-electron chi connectivity index (χ1n) is 4.75. The summed E-state index contributed by atoms with van der Waals surface area (Å²) in [4.78, 5) is 34.2. The van der Waals surface area contributed by atoms with Crippen LogP contribution < -0.4 is 40.2 Å². The topological polar surface area (TPSA) is 75.3 Å². The van der Waals surface area contributed by atoms with Gasteiger partial charge in [0.2, 0.25) is 11.8 Å². The van der Waals surface area contributed by atoms with E-state index >= 15 is 0 Å². The number of hydrogen-bond donors (Lipinski definition) is 2. The van der Waals surface area contributed by atoms with Crippen molar-refractivity contribution in [2.24, 2.45) is 5.41 Å². The van der Waals surface area contributed by atoms with E-state index in [1.807, 2.05) is 0 Å². The zero-order valence-electron chi connectivity index (χ0n) is 10.0. The number of carbonyl (C=O) groups is 3. The summed E-state index contributed by atoms with van der Waals surface area (Å²) in [5.41, 5.74) is -0.385. The molecular formula is C10H14N2NaO3+. The van der Waals surface area contributed by atoms with Gasteiger partial charge in [-0.05, 0) is 20.3 Å². The number of barbiturate groups is 1. The van der Waals surface area contributed by atoms with E-state index in [4.69, 9.17) is 0 Å². The first kappa shape index (κ1) is 15.3. The Bertz CT molecular complexity index is 339. The Kier molecular flexibility index (Phi) is 5.38. The first-order chi connectivity index (χ1) is 6.92. The smallest absolute Gasteiger partial charge is 0.277 e. The molecule has 1 aliphatic heterocycles. The molecule has 0 aromatic carbocycles. The molecule has 4 amide bonds. The van der Waals surface area contributed by atoms with Gasteiger partial charge in [0.1, 0.15) is 5.41 Å². The van der Waals surface area contributed by atoms with E-state index < -0.39 is 23.3 Å². The van der Waals surface area contributed by atoms with Gasteiger partial charge in [0.05, 0.1) is 0 Å². The van der Waals surface area contributed by atoms with Crippen LogP contribution in [0.1, 0.15) is 27.2 Å². The van der Waals surface area contributed by atoms with Crippen LogP contribution in [0.3, 0.4) is 0 Å². The van der Waals surface area contributed by atoms with E-state index in [1.165, 1.54) is 0 Å². The summed E-state index contributed by atoms with van der Waals surface area (Å²) in [5, 5.41) is 4.20. The molecule has 5 nitrogen and oxygen atoms in total. The van der Waals surface area contributed by atoms with Crippen LogP contribution in [0.2, 0.25) is 0 Å². The average Bonchev–Trinajstić information content (AvgIpc) is 2.11. The maximum absolute atomic E-state index is 11.7. The van der Waals surface area contributed by atoms with Gasteiger partial charge in [-0.2, -0.15) is 0 Å². The molecule has 16 heavy (non-hydrogen) atoms. The Morgan fingerprint density at radius 1 is 1.19 bits per heavy atom. The number of hydrogen-bond acceptors (Lipinski definition) is 3. The molecule has 6 heteroatoms. The zero-order chi connectivity index (χ0) is 11.6. The molecule has 1 heterocycles. The predicted molar refractivity (Wildman–Crippen MR) is 53.8 cm³/mol. The van der Waals surface area contributed by atoms with Gasteiger partial charge in [-0.3, -0.25) is 20.2 Å². The zero-order valence-corrected chi connectivity index (χ0v) is 12.0. The van der Waals surface area contributed by atoms with Crippen molar-refractivity contribution >= 4 is 17.8 Å². The SMILES string of the molecule is CCC1(C=C(C)C)C(=O)NC(=O)NC1=O.[Na+]. The second-order valence-corrected chi connectivity index (χ2v) is 3.78. The number of urea groups is 1. The van der Waals surface area contributed by atoms with Crippen LogP contribution in [0.25, 0.3) is 0 Å². The Balaban J connectivity index is 0.00000225. The number of nitrogens with one attached hydrogen (secondary N) is 2. The molecule has 0 spiro atoms. The molecule has 1 aliphatic rings. The second-order valence-electron chi connectivity index (χ2n) is 3.78. The van der Waals surface area contributed by atoms with Crippen molar-refractivity contribution < 1.29 is 43.9 Å². The molecule has 82 valence electrons. The van der Waals surface area contributed by atoms with Crippen molar-refractivity contribution in [3.63, 3.8) is 0 Å². The summed E-state index contributed by atoms with van der Waals surface area (Å²) in [7, 11) is 0. The minimum Gasteiger partial charge on any atom is -0.277 e. The number of rotatable bonds is 2. The molecular weight excluding hydrogens is 219 g/mol. The van der Waals surface area contributed by atoms with Gasteiger partial charge in [0.25, 0.3) is 0 Å². The number of allylic oxidation sites excluding steroid dienone is 1. The standard InChI is InChI=1S/C10H14N2O3.Na/c1-4-10(5-6(2)3)7(13)11-9(15)12-8(10)14;/h5H,4H2,1-3H3,(H2,11,12,13,14,15);/q;+1. The quantitative estimate of drug-likeness (QED) is 0.320. The molecule has 0 saturated carbocycles. The Morgan fingerprint density at radius 3 is 1.94 bits per heavy atom. The molecule has 2 N–H and O–H groups in total. The van der Waals surface area contributed by atoms with E-state index in [0.29, 0.717) is 6.42 Å². The van der Waals surface area contributed by atoms with Crippen LogP contribution >= 0.6 is 0 Å². The van der Waals surface area contributed by atoms with Crippen molar-refractivity contribution in [1.82, 2.24) is 10.6 Å². The maximum Gasteiger partial charge on any atom is 1.00 e.